The maximum Gasteiger partial charge on any atom is 0.0808 e. The van der Waals surface area contributed by atoms with Gasteiger partial charge in [0.05, 0.1) is 5.60 Å². The Labute approximate surface area is 120 Å². The van der Waals surface area contributed by atoms with Gasteiger partial charge < -0.3 is 10.1 Å². The van der Waals surface area contributed by atoms with Crippen LogP contribution in [0.5, 0.6) is 0 Å². The van der Waals surface area contributed by atoms with Crippen molar-refractivity contribution in [2.45, 2.75) is 84.8 Å². The van der Waals surface area contributed by atoms with E-state index in [-0.39, 0.29) is 5.60 Å². The van der Waals surface area contributed by atoms with Gasteiger partial charge in [-0.3, -0.25) is 0 Å². The molecule has 2 nitrogen and oxygen atoms in total. The molecule has 0 bridgehead atoms. The molecule has 0 saturated heterocycles. The highest BCUT2D eigenvalue weighted by atomic mass is 16.5. The van der Waals surface area contributed by atoms with Gasteiger partial charge >= 0.3 is 0 Å². The van der Waals surface area contributed by atoms with Crippen LogP contribution in [0.4, 0.5) is 0 Å². The van der Waals surface area contributed by atoms with Crippen molar-refractivity contribution in [1.82, 2.24) is 5.32 Å². The fourth-order valence-electron chi connectivity index (χ4n) is 3.12. The third kappa shape index (κ3) is 6.76. The number of rotatable bonds is 8. The summed E-state index contributed by atoms with van der Waals surface area (Å²) in [5.41, 5.74) is 0.110. The molecule has 1 saturated carbocycles. The van der Waals surface area contributed by atoms with Gasteiger partial charge in [0, 0.05) is 19.2 Å². The molecule has 0 spiro atoms. The first-order valence-electron chi connectivity index (χ1n) is 8.31. The van der Waals surface area contributed by atoms with Crippen LogP contribution in [0.25, 0.3) is 0 Å². The van der Waals surface area contributed by atoms with Crippen LogP contribution in [0.1, 0.15) is 73.1 Å². The minimum atomic E-state index is 0.110. The lowest BCUT2D eigenvalue weighted by molar-refractivity contribution is -0.0817. The summed E-state index contributed by atoms with van der Waals surface area (Å²) in [5, 5.41) is 3.60. The highest BCUT2D eigenvalue weighted by molar-refractivity contribution is 4.89. The molecule has 114 valence electrons. The van der Waals surface area contributed by atoms with Crippen LogP contribution in [0.15, 0.2) is 0 Å². The van der Waals surface area contributed by atoms with Crippen molar-refractivity contribution in [1.29, 1.82) is 0 Å². The van der Waals surface area contributed by atoms with Crippen molar-refractivity contribution >= 4 is 0 Å². The van der Waals surface area contributed by atoms with Crippen LogP contribution >= 0.6 is 0 Å². The maximum absolute atomic E-state index is 6.38. The Bertz CT molecular complexity index is 239. The van der Waals surface area contributed by atoms with Crippen LogP contribution in [-0.4, -0.2) is 24.8 Å². The van der Waals surface area contributed by atoms with Crippen molar-refractivity contribution in [3.05, 3.63) is 0 Å². The zero-order valence-electron chi connectivity index (χ0n) is 13.8. The van der Waals surface area contributed by atoms with E-state index in [2.05, 4.69) is 39.9 Å². The second kappa shape index (κ2) is 8.26. The maximum atomic E-state index is 6.38. The van der Waals surface area contributed by atoms with Gasteiger partial charge in [-0.2, -0.15) is 0 Å². The minimum absolute atomic E-state index is 0.110. The summed E-state index contributed by atoms with van der Waals surface area (Å²) < 4.78 is 6.38. The van der Waals surface area contributed by atoms with Crippen LogP contribution < -0.4 is 5.32 Å². The molecular formula is C17H35NO. The predicted molar refractivity (Wildman–Crippen MR) is 83.5 cm³/mol. The van der Waals surface area contributed by atoms with Gasteiger partial charge in [0.15, 0.2) is 0 Å². The predicted octanol–water partition coefficient (Wildman–Crippen LogP) is 4.39. The van der Waals surface area contributed by atoms with Crippen LogP contribution in [0, 0.1) is 11.8 Å². The molecule has 1 aliphatic rings. The average molecular weight is 269 g/mol. The van der Waals surface area contributed by atoms with Crippen molar-refractivity contribution < 1.29 is 4.74 Å². The zero-order chi connectivity index (χ0) is 14.3. The van der Waals surface area contributed by atoms with E-state index in [9.17, 15) is 0 Å². The Kier molecular flexibility index (Phi) is 7.38. The molecule has 0 heterocycles. The molecule has 2 unspecified atom stereocenters. The third-order valence-corrected chi connectivity index (χ3v) is 4.22. The van der Waals surface area contributed by atoms with Gasteiger partial charge in [0.25, 0.3) is 0 Å². The molecule has 0 aromatic carbocycles. The van der Waals surface area contributed by atoms with Crippen LogP contribution in [0.2, 0.25) is 0 Å². The molecule has 1 N–H and O–H groups in total. The summed E-state index contributed by atoms with van der Waals surface area (Å²) in [6.07, 6.45) is 7.65. The second-order valence-electron chi connectivity index (χ2n) is 7.30. The van der Waals surface area contributed by atoms with Crippen molar-refractivity contribution in [2.75, 3.05) is 13.2 Å². The fourth-order valence-corrected chi connectivity index (χ4v) is 3.12. The monoisotopic (exact) mass is 269 g/mol. The Morgan fingerprint density at radius 1 is 1.26 bits per heavy atom. The Hall–Kier alpha value is -0.0800. The first kappa shape index (κ1) is 17.0. The molecule has 0 aromatic rings. The largest absolute Gasteiger partial charge is 0.374 e. The number of nitrogens with one attached hydrogen (secondary N) is 1. The van der Waals surface area contributed by atoms with Crippen molar-refractivity contribution in [2.24, 2.45) is 11.8 Å². The summed E-state index contributed by atoms with van der Waals surface area (Å²) in [6, 6.07) is 0.549. The van der Waals surface area contributed by atoms with E-state index in [0.29, 0.717) is 6.04 Å². The third-order valence-electron chi connectivity index (χ3n) is 4.22. The van der Waals surface area contributed by atoms with Gasteiger partial charge in [0.1, 0.15) is 0 Å². The average Bonchev–Trinajstić information content (AvgIpc) is 2.32. The number of hydrogen-bond donors (Lipinski definition) is 1. The first-order valence-corrected chi connectivity index (χ1v) is 8.31. The molecule has 1 aliphatic carbocycles. The van der Waals surface area contributed by atoms with E-state index in [1.54, 1.807) is 0 Å². The second-order valence-corrected chi connectivity index (χ2v) is 7.30. The molecule has 2 atom stereocenters. The Balaban J connectivity index is 2.44. The lowest BCUT2D eigenvalue weighted by atomic mass is 9.78. The van der Waals surface area contributed by atoms with Crippen molar-refractivity contribution in [3.8, 4) is 0 Å². The zero-order valence-corrected chi connectivity index (χ0v) is 13.8. The van der Waals surface area contributed by atoms with Gasteiger partial charge in [-0.05, 0) is 37.5 Å². The van der Waals surface area contributed by atoms with E-state index >= 15 is 0 Å². The molecular weight excluding hydrogens is 234 g/mol. The molecule has 1 rings (SSSR count). The molecule has 0 aromatic heterocycles. The Morgan fingerprint density at radius 3 is 2.58 bits per heavy atom. The van der Waals surface area contributed by atoms with E-state index < -0.39 is 0 Å². The van der Waals surface area contributed by atoms with Crippen molar-refractivity contribution in [3.63, 3.8) is 0 Å². The first-order chi connectivity index (χ1) is 8.93. The quantitative estimate of drug-likeness (QED) is 0.660. The van der Waals surface area contributed by atoms with Gasteiger partial charge in [0.2, 0.25) is 0 Å². The summed E-state index contributed by atoms with van der Waals surface area (Å²) in [6.45, 7) is 13.4. The summed E-state index contributed by atoms with van der Waals surface area (Å²) in [7, 11) is 0. The summed E-state index contributed by atoms with van der Waals surface area (Å²) in [4.78, 5) is 0. The number of ether oxygens (including phenoxy) is 1. The van der Waals surface area contributed by atoms with Gasteiger partial charge in [-0.15, -0.1) is 0 Å². The highest BCUT2D eigenvalue weighted by Crippen LogP contribution is 2.35. The summed E-state index contributed by atoms with van der Waals surface area (Å²) in [5.74, 6) is 1.60. The van der Waals surface area contributed by atoms with Gasteiger partial charge in [-0.1, -0.05) is 47.5 Å². The minimum Gasteiger partial charge on any atom is -0.374 e. The summed E-state index contributed by atoms with van der Waals surface area (Å²) >= 11 is 0. The molecule has 2 heteroatoms. The smallest absolute Gasteiger partial charge is 0.0808 e. The lowest BCUT2D eigenvalue weighted by Crippen LogP contribution is -2.48. The van der Waals surface area contributed by atoms with E-state index in [1.165, 1.54) is 38.5 Å². The van der Waals surface area contributed by atoms with Crippen LogP contribution in [-0.2, 0) is 4.74 Å². The van der Waals surface area contributed by atoms with Crippen LogP contribution in [0.3, 0.4) is 0 Å². The SMILES string of the molecule is CC(C)CCCOC1(CNC(C)C)CCCC(C)C1. The molecule has 1 fully saturated rings. The standard InChI is InChI=1S/C17H35NO/c1-14(2)8-7-11-19-17(13-18-15(3)4)10-6-9-16(5)12-17/h14-16,18H,6-13H2,1-5H3. The fraction of sp³-hybridized carbons (Fsp3) is 1.00. The normalized spacial score (nSPS) is 28.3. The van der Waals surface area contributed by atoms with E-state index in [4.69, 9.17) is 4.74 Å². The topological polar surface area (TPSA) is 21.3 Å². The molecule has 0 radical (unpaired) electrons. The Morgan fingerprint density at radius 2 is 2.00 bits per heavy atom. The van der Waals surface area contributed by atoms with Gasteiger partial charge in [-0.25, -0.2) is 0 Å². The molecule has 19 heavy (non-hydrogen) atoms. The highest BCUT2D eigenvalue weighted by Gasteiger charge is 2.35. The lowest BCUT2D eigenvalue weighted by Gasteiger charge is -2.41. The number of hydrogen-bond acceptors (Lipinski definition) is 2. The molecule has 0 aliphatic heterocycles. The van der Waals surface area contributed by atoms with E-state index in [0.717, 1.165) is 25.0 Å². The molecule has 0 amide bonds. The van der Waals surface area contributed by atoms with E-state index in [1.807, 2.05) is 0 Å².